The van der Waals surface area contributed by atoms with Gasteiger partial charge in [-0.1, -0.05) is 6.92 Å². The highest BCUT2D eigenvalue weighted by Gasteiger charge is 2.11. The van der Waals surface area contributed by atoms with Gasteiger partial charge in [-0.2, -0.15) is 8.42 Å². The number of aromatic nitrogens is 1. The number of rotatable bonds is 5. The van der Waals surface area contributed by atoms with Crippen molar-refractivity contribution in [3.8, 4) is 0 Å². The number of hydrogen-bond donors (Lipinski definition) is 1. The number of pyridine rings is 1. The topological polar surface area (TPSA) is 67.3 Å². The van der Waals surface area contributed by atoms with Crippen LogP contribution in [0.25, 0.3) is 0 Å². The Morgan fingerprint density at radius 3 is 2.53 bits per heavy atom. The minimum atomic E-state index is -3.84. The Balaban J connectivity index is 2.38. The molecule has 0 aliphatic heterocycles. The van der Waals surface area contributed by atoms with Crippen molar-refractivity contribution < 1.29 is 13.0 Å². The Labute approximate surface area is 90.1 Å². The van der Waals surface area contributed by atoms with E-state index >= 15 is 0 Å². The lowest BCUT2D eigenvalue weighted by Crippen LogP contribution is -2.13. The third-order valence-electron chi connectivity index (χ3n) is 2.17. The van der Waals surface area contributed by atoms with Crippen LogP contribution < -0.4 is 0 Å². The smallest absolute Gasteiger partial charge is 0.265 e. The van der Waals surface area contributed by atoms with E-state index < -0.39 is 10.1 Å². The quantitative estimate of drug-likeness (QED) is 0.778. The molecule has 0 aliphatic carbocycles. The highest BCUT2D eigenvalue weighted by Crippen LogP contribution is 2.10. The Hall–Kier alpha value is -0.940. The average molecular weight is 229 g/mol. The summed E-state index contributed by atoms with van der Waals surface area (Å²) in [6.07, 6.45) is 4.97. The predicted molar refractivity (Wildman–Crippen MR) is 58.1 cm³/mol. The zero-order valence-electron chi connectivity index (χ0n) is 8.63. The fourth-order valence-corrected chi connectivity index (χ4v) is 2.29. The van der Waals surface area contributed by atoms with E-state index in [1.54, 1.807) is 12.4 Å². The maximum absolute atomic E-state index is 10.6. The van der Waals surface area contributed by atoms with Crippen LogP contribution in [0.2, 0.25) is 0 Å². The summed E-state index contributed by atoms with van der Waals surface area (Å²) in [5.74, 6) is -0.203. The van der Waals surface area contributed by atoms with Gasteiger partial charge in [-0.05, 0) is 36.5 Å². The first-order valence-electron chi connectivity index (χ1n) is 4.81. The van der Waals surface area contributed by atoms with Gasteiger partial charge >= 0.3 is 0 Å². The van der Waals surface area contributed by atoms with Crippen LogP contribution in [-0.4, -0.2) is 23.7 Å². The molecule has 0 fully saturated rings. The van der Waals surface area contributed by atoms with Crippen LogP contribution in [0.4, 0.5) is 0 Å². The molecule has 0 saturated carbocycles. The van der Waals surface area contributed by atoms with Gasteiger partial charge < -0.3 is 0 Å². The summed E-state index contributed by atoms with van der Waals surface area (Å²) in [6.45, 7) is 1.81. The Kier molecular flexibility index (Phi) is 4.23. The van der Waals surface area contributed by atoms with Gasteiger partial charge in [0.1, 0.15) is 0 Å². The average Bonchev–Trinajstić information content (AvgIpc) is 2.14. The maximum Gasteiger partial charge on any atom is 0.265 e. The van der Waals surface area contributed by atoms with E-state index in [0.29, 0.717) is 0 Å². The molecule has 15 heavy (non-hydrogen) atoms. The van der Waals surface area contributed by atoms with Crippen molar-refractivity contribution in [1.82, 2.24) is 4.98 Å². The molecule has 0 radical (unpaired) electrons. The molecular weight excluding hydrogens is 214 g/mol. The van der Waals surface area contributed by atoms with Crippen molar-refractivity contribution in [3.63, 3.8) is 0 Å². The molecule has 1 unspecified atom stereocenters. The fourth-order valence-electron chi connectivity index (χ4n) is 1.41. The molecular formula is C10H15NO3S. The molecule has 0 amide bonds. The molecule has 84 valence electrons. The minimum absolute atomic E-state index is 0.0341. The molecule has 0 saturated heterocycles. The minimum Gasteiger partial charge on any atom is -0.286 e. The molecule has 0 spiro atoms. The number of nitrogens with zero attached hydrogens (tertiary/aromatic N) is 1. The monoisotopic (exact) mass is 229 g/mol. The largest absolute Gasteiger partial charge is 0.286 e. The molecule has 5 heteroatoms. The summed E-state index contributed by atoms with van der Waals surface area (Å²) in [7, 11) is -3.84. The van der Waals surface area contributed by atoms with Gasteiger partial charge in [0, 0.05) is 12.4 Å². The summed E-state index contributed by atoms with van der Waals surface area (Å²) in [5.41, 5.74) is 1.13. The molecule has 0 aliphatic rings. The third-order valence-corrected chi connectivity index (χ3v) is 3.16. The molecule has 1 N–H and O–H groups in total. The number of hydrogen-bond acceptors (Lipinski definition) is 3. The van der Waals surface area contributed by atoms with Gasteiger partial charge in [0.05, 0.1) is 5.75 Å². The molecule has 4 nitrogen and oxygen atoms in total. The van der Waals surface area contributed by atoms with Gasteiger partial charge in [0.15, 0.2) is 0 Å². The van der Waals surface area contributed by atoms with Crippen LogP contribution in [0, 0.1) is 5.92 Å². The van der Waals surface area contributed by atoms with Gasteiger partial charge in [0.2, 0.25) is 0 Å². The zero-order chi connectivity index (χ0) is 11.3. The standard InChI is InChI=1S/C10H15NO3S/c1-9(8-15(12,13)14)2-3-10-4-6-11-7-5-10/h4-7,9H,2-3,8H2,1H3,(H,12,13,14). The first-order valence-corrected chi connectivity index (χ1v) is 6.42. The first kappa shape index (κ1) is 12.1. The van der Waals surface area contributed by atoms with Gasteiger partial charge in [-0.25, -0.2) is 0 Å². The molecule has 0 aromatic carbocycles. The lowest BCUT2D eigenvalue weighted by atomic mass is 10.0. The molecule has 1 aromatic rings. The second kappa shape index (κ2) is 5.23. The van der Waals surface area contributed by atoms with Crippen molar-refractivity contribution in [3.05, 3.63) is 30.1 Å². The normalized spacial score (nSPS) is 13.7. The molecule has 0 bridgehead atoms. The van der Waals surface area contributed by atoms with E-state index in [1.165, 1.54) is 0 Å². The summed E-state index contributed by atoms with van der Waals surface area (Å²) in [4.78, 5) is 3.90. The van der Waals surface area contributed by atoms with Crippen LogP contribution in [-0.2, 0) is 16.5 Å². The highest BCUT2D eigenvalue weighted by atomic mass is 32.2. The van der Waals surface area contributed by atoms with E-state index in [1.807, 2.05) is 19.1 Å². The second-order valence-corrected chi connectivity index (χ2v) is 5.25. The van der Waals surface area contributed by atoms with Crippen LogP contribution >= 0.6 is 0 Å². The van der Waals surface area contributed by atoms with E-state index in [9.17, 15) is 8.42 Å². The van der Waals surface area contributed by atoms with Crippen molar-refractivity contribution >= 4 is 10.1 Å². The summed E-state index contributed by atoms with van der Waals surface area (Å²) in [6, 6.07) is 3.81. The Bertz CT molecular complexity index is 388. The van der Waals surface area contributed by atoms with Crippen LogP contribution in [0.1, 0.15) is 18.9 Å². The van der Waals surface area contributed by atoms with Gasteiger partial charge in [0.25, 0.3) is 10.1 Å². The Morgan fingerprint density at radius 2 is 2.00 bits per heavy atom. The van der Waals surface area contributed by atoms with Crippen LogP contribution in [0.15, 0.2) is 24.5 Å². The van der Waals surface area contributed by atoms with E-state index in [0.717, 1.165) is 18.4 Å². The molecule has 1 rings (SSSR count). The van der Waals surface area contributed by atoms with Crippen molar-refractivity contribution in [2.24, 2.45) is 5.92 Å². The van der Waals surface area contributed by atoms with Crippen molar-refractivity contribution in [2.45, 2.75) is 19.8 Å². The SMILES string of the molecule is CC(CCc1ccncc1)CS(=O)(=O)O. The fraction of sp³-hybridized carbons (Fsp3) is 0.500. The predicted octanol–water partition coefficient (Wildman–Crippen LogP) is 1.54. The van der Waals surface area contributed by atoms with E-state index in [2.05, 4.69) is 4.98 Å². The van der Waals surface area contributed by atoms with Crippen LogP contribution in [0.3, 0.4) is 0 Å². The third kappa shape index (κ3) is 5.49. The first-order chi connectivity index (χ1) is 6.97. The number of aryl methyl sites for hydroxylation is 1. The zero-order valence-corrected chi connectivity index (χ0v) is 9.44. The Morgan fingerprint density at radius 1 is 1.40 bits per heavy atom. The van der Waals surface area contributed by atoms with Crippen molar-refractivity contribution in [1.29, 1.82) is 0 Å². The van der Waals surface area contributed by atoms with Gasteiger partial charge in [-0.15, -0.1) is 0 Å². The van der Waals surface area contributed by atoms with Crippen molar-refractivity contribution in [2.75, 3.05) is 5.75 Å². The van der Waals surface area contributed by atoms with Crippen LogP contribution in [0.5, 0.6) is 0 Å². The lowest BCUT2D eigenvalue weighted by molar-refractivity contribution is 0.463. The molecule has 1 atom stereocenters. The van der Waals surface area contributed by atoms with Gasteiger partial charge in [-0.3, -0.25) is 9.54 Å². The summed E-state index contributed by atoms with van der Waals surface area (Å²) >= 11 is 0. The summed E-state index contributed by atoms with van der Waals surface area (Å²) < 4.78 is 29.8. The maximum atomic E-state index is 10.6. The summed E-state index contributed by atoms with van der Waals surface area (Å²) in [5, 5.41) is 0. The van der Waals surface area contributed by atoms with E-state index in [4.69, 9.17) is 4.55 Å². The molecule has 1 aromatic heterocycles. The molecule has 1 heterocycles. The highest BCUT2D eigenvalue weighted by molar-refractivity contribution is 7.85. The van der Waals surface area contributed by atoms with E-state index in [-0.39, 0.29) is 11.7 Å². The lowest BCUT2D eigenvalue weighted by Gasteiger charge is -2.08. The second-order valence-electron chi connectivity index (χ2n) is 3.75.